The average Bonchev–Trinajstić information content (AvgIpc) is 2.83. The molecule has 0 bridgehead atoms. The van der Waals surface area contributed by atoms with Gasteiger partial charge in [0.25, 0.3) is 5.91 Å². The lowest BCUT2D eigenvalue weighted by molar-refractivity contribution is 0.0227. The van der Waals surface area contributed by atoms with E-state index in [2.05, 4.69) is 19.2 Å². The zero-order valence-electron chi connectivity index (χ0n) is 18.1. The van der Waals surface area contributed by atoms with Crippen molar-refractivity contribution >= 4 is 5.91 Å². The van der Waals surface area contributed by atoms with Crippen LogP contribution in [0.4, 0.5) is 0 Å². The van der Waals surface area contributed by atoms with Crippen molar-refractivity contribution in [1.29, 1.82) is 0 Å². The highest BCUT2D eigenvalue weighted by Crippen LogP contribution is 2.42. The molecule has 0 fully saturated rings. The van der Waals surface area contributed by atoms with Crippen LogP contribution in [0.2, 0.25) is 0 Å². The maximum atomic E-state index is 13.1. The standard InChI is InChI=1S/C27H29NO3/c1-3-27(4-2)18-24(23-15-8-9-16-25(23)31-27)28-26(29)21-13-10-14-22(17-21)30-19-20-11-6-5-7-12-20/h5-17,24H,3-4,18-19H2,1-2H3,(H,28,29)/t24-/m1/s1. The first-order valence-electron chi connectivity index (χ1n) is 11.0. The van der Waals surface area contributed by atoms with E-state index in [-0.39, 0.29) is 17.6 Å². The van der Waals surface area contributed by atoms with Crippen molar-refractivity contribution in [1.82, 2.24) is 5.32 Å². The summed E-state index contributed by atoms with van der Waals surface area (Å²) in [7, 11) is 0. The van der Waals surface area contributed by atoms with Crippen LogP contribution in [0.25, 0.3) is 0 Å². The van der Waals surface area contributed by atoms with Crippen LogP contribution < -0.4 is 14.8 Å². The summed E-state index contributed by atoms with van der Waals surface area (Å²) in [4.78, 5) is 13.1. The van der Waals surface area contributed by atoms with Gasteiger partial charge in [0, 0.05) is 17.5 Å². The molecule has 1 N–H and O–H groups in total. The number of amides is 1. The van der Waals surface area contributed by atoms with Crippen LogP contribution >= 0.6 is 0 Å². The predicted molar refractivity (Wildman–Crippen MR) is 122 cm³/mol. The van der Waals surface area contributed by atoms with Crippen molar-refractivity contribution in [3.05, 3.63) is 95.6 Å². The second-order valence-corrected chi connectivity index (χ2v) is 8.06. The number of benzene rings is 3. The van der Waals surface area contributed by atoms with Crippen molar-refractivity contribution in [2.75, 3.05) is 0 Å². The zero-order valence-corrected chi connectivity index (χ0v) is 18.1. The maximum Gasteiger partial charge on any atom is 0.251 e. The third-order valence-corrected chi connectivity index (χ3v) is 6.14. The minimum atomic E-state index is -0.257. The summed E-state index contributed by atoms with van der Waals surface area (Å²) in [5.41, 5.74) is 2.46. The Kier molecular flexibility index (Phi) is 6.26. The van der Waals surface area contributed by atoms with Crippen LogP contribution in [0.3, 0.4) is 0 Å². The molecule has 31 heavy (non-hydrogen) atoms. The molecule has 0 radical (unpaired) electrons. The smallest absolute Gasteiger partial charge is 0.251 e. The first kappa shape index (κ1) is 21.0. The SMILES string of the molecule is CCC1(CC)C[C@@H](NC(=O)c2cccc(OCc3ccccc3)c2)c2ccccc2O1. The van der Waals surface area contributed by atoms with Crippen molar-refractivity contribution in [2.24, 2.45) is 0 Å². The number of rotatable bonds is 7. The van der Waals surface area contributed by atoms with Gasteiger partial charge in [-0.2, -0.15) is 0 Å². The van der Waals surface area contributed by atoms with Crippen LogP contribution in [0.15, 0.2) is 78.9 Å². The average molecular weight is 416 g/mol. The van der Waals surface area contributed by atoms with Gasteiger partial charge in [-0.25, -0.2) is 0 Å². The molecule has 1 atom stereocenters. The van der Waals surface area contributed by atoms with Crippen LogP contribution in [0.1, 0.15) is 60.6 Å². The normalized spacial score (nSPS) is 16.6. The molecule has 1 aliphatic heterocycles. The zero-order chi connectivity index (χ0) is 21.7. The Bertz CT molecular complexity index is 1030. The highest BCUT2D eigenvalue weighted by molar-refractivity contribution is 5.94. The number of nitrogens with one attached hydrogen (secondary N) is 1. The van der Waals surface area contributed by atoms with E-state index in [1.165, 1.54) is 0 Å². The molecule has 1 heterocycles. The second-order valence-electron chi connectivity index (χ2n) is 8.06. The van der Waals surface area contributed by atoms with Gasteiger partial charge in [-0.3, -0.25) is 4.79 Å². The number of ether oxygens (including phenoxy) is 2. The highest BCUT2D eigenvalue weighted by atomic mass is 16.5. The lowest BCUT2D eigenvalue weighted by Crippen LogP contribution is -2.44. The van der Waals surface area contributed by atoms with Gasteiger partial charge in [-0.1, -0.05) is 68.4 Å². The number of para-hydroxylation sites is 1. The highest BCUT2D eigenvalue weighted by Gasteiger charge is 2.39. The van der Waals surface area contributed by atoms with Gasteiger partial charge in [-0.15, -0.1) is 0 Å². The Labute approximate surface area is 184 Å². The van der Waals surface area contributed by atoms with E-state index in [1.807, 2.05) is 72.8 Å². The van der Waals surface area contributed by atoms with Gasteiger partial charge >= 0.3 is 0 Å². The quantitative estimate of drug-likeness (QED) is 0.509. The summed E-state index contributed by atoms with van der Waals surface area (Å²) >= 11 is 0. The minimum absolute atomic E-state index is 0.0914. The van der Waals surface area contributed by atoms with Gasteiger partial charge in [0.05, 0.1) is 6.04 Å². The lowest BCUT2D eigenvalue weighted by atomic mass is 9.83. The molecule has 1 amide bonds. The Morgan fingerprint density at radius 3 is 2.52 bits per heavy atom. The number of hydrogen-bond acceptors (Lipinski definition) is 3. The monoisotopic (exact) mass is 415 g/mol. The fourth-order valence-electron chi connectivity index (χ4n) is 4.14. The molecule has 0 unspecified atom stereocenters. The fraction of sp³-hybridized carbons (Fsp3) is 0.296. The lowest BCUT2D eigenvalue weighted by Gasteiger charge is -2.41. The Balaban J connectivity index is 1.50. The molecular formula is C27H29NO3. The number of fused-ring (bicyclic) bond motifs is 1. The summed E-state index contributed by atoms with van der Waals surface area (Å²) in [6.45, 7) is 4.75. The molecule has 0 saturated carbocycles. The van der Waals surface area contributed by atoms with E-state index in [9.17, 15) is 4.79 Å². The molecule has 3 aromatic rings. The summed E-state index contributed by atoms with van der Waals surface area (Å²) in [5, 5.41) is 3.24. The van der Waals surface area contributed by atoms with Crippen molar-refractivity contribution in [3.8, 4) is 11.5 Å². The maximum absolute atomic E-state index is 13.1. The summed E-state index contributed by atoms with van der Waals surface area (Å²) < 4.78 is 12.3. The summed E-state index contributed by atoms with van der Waals surface area (Å²) in [6.07, 6.45) is 2.55. The molecule has 160 valence electrons. The summed E-state index contributed by atoms with van der Waals surface area (Å²) in [6, 6.07) is 25.3. The van der Waals surface area contributed by atoms with E-state index >= 15 is 0 Å². The van der Waals surface area contributed by atoms with Crippen LogP contribution in [-0.4, -0.2) is 11.5 Å². The largest absolute Gasteiger partial charge is 0.489 e. The topological polar surface area (TPSA) is 47.6 Å². The second kappa shape index (κ2) is 9.25. The molecule has 0 aromatic heterocycles. The molecule has 4 heteroatoms. The third kappa shape index (κ3) is 4.74. The number of carbonyl (C=O) groups excluding carboxylic acids is 1. The predicted octanol–water partition coefficient (Wildman–Crippen LogP) is 6.08. The van der Waals surface area contributed by atoms with E-state index in [0.717, 1.165) is 36.1 Å². The molecular weight excluding hydrogens is 386 g/mol. The van der Waals surface area contributed by atoms with E-state index < -0.39 is 0 Å². The van der Waals surface area contributed by atoms with E-state index in [0.29, 0.717) is 17.9 Å². The van der Waals surface area contributed by atoms with Crippen LogP contribution in [0, 0.1) is 0 Å². The molecule has 4 rings (SSSR count). The fourth-order valence-corrected chi connectivity index (χ4v) is 4.14. The first-order valence-corrected chi connectivity index (χ1v) is 11.0. The molecule has 1 aliphatic rings. The van der Waals surface area contributed by atoms with Gasteiger partial charge in [0.1, 0.15) is 23.7 Å². The van der Waals surface area contributed by atoms with Crippen LogP contribution in [-0.2, 0) is 6.61 Å². The van der Waals surface area contributed by atoms with Crippen molar-refractivity contribution in [2.45, 2.75) is 51.4 Å². The van der Waals surface area contributed by atoms with E-state index in [4.69, 9.17) is 9.47 Å². The molecule has 0 saturated heterocycles. The number of hydrogen-bond donors (Lipinski definition) is 1. The van der Waals surface area contributed by atoms with Gasteiger partial charge in [0.15, 0.2) is 0 Å². The Morgan fingerprint density at radius 2 is 1.74 bits per heavy atom. The van der Waals surface area contributed by atoms with Crippen LogP contribution in [0.5, 0.6) is 11.5 Å². The van der Waals surface area contributed by atoms with Gasteiger partial charge in [0.2, 0.25) is 0 Å². The van der Waals surface area contributed by atoms with Gasteiger partial charge < -0.3 is 14.8 Å². The third-order valence-electron chi connectivity index (χ3n) is 6.14. The minimum Gasteiger partial charge on any atom is -0.489 e. The Morgan fingerprint density at radius 1 is 1.00 bits per heavy atom. The first-order chi connectivity index (χ1) is 15.1. The molecule has 3 aromatic carbocycles. The van der Waals surface area contributed by atoms with Crippen molar-refractivity contribution in [3.63, 3.8) is 0 Å². The summed E-state index contributed by atoms with van der Waals surface area (Å²) in [5.74, 6) is 1.44. The van der Waals surface area contributed by atoms with E-state index in [1.54, 1.807) is 6.07 Å². The Hall–Kier alpha value is -3.27. The molecule has 0 aliphatic carbocycles. The number of carbonyl (C=O) groups is 1. The molecule has 4 nitrogen and oxygen atoms in total. The van der Waals surface area contributed by atoms with Crippen molar-refractivity contribution < 1.29 is 14.3 Å². The molecule has 0 spiro atoms. The van der Waals surface area contributed by atoms with Gasteiger partial charge in [-0.05, 0) is 42.7 Å².